The smallest absolute Gasteiger partial charge is 0.292 e. The van der Waals surface area contributed by atoms with E-state index in [1.807, 2.05) is 12.1 Å². The first-order chi connectivity index (χ1) is 15.4. The third kappa shape index (κ3) is 5.04. The van der Waals surface area contributed by atoms with Crippen molar-refractivity contribution in [1.82, 2.24) is 0 Å². The van der Waals surface area contributed by atoms with Gasteiger partial charge < -0.3 is 4.74 Å². The number of carbonyl (C=O) groups is 2. The molecule has 1 aliphatic heterocycles. The largest absolute Gasteiger partial charge is 0.471 e. The normalized spacial score (nSPS) is 19.4. The summed E-state index contributed by atoms with van der Waals surface area (Å²) in [5.41, 5.74) is 5.80. The first kappa shape index (κ1) is 23.6. The molecule has 0 aromatic heterocycles. The highest BCUT2D eigenvalue weighted by atomic mass is 19.1. The van der Waals surface area contributed by atoms with Gasteiger partial charge in [-0.1, -0.05) is 42.5 Å². The van der Waals surface area contributed by atoms with E-state index in [0.717, 1.165) is 36.9 Å². The molecule has 2 aromatic carbocycles. The van der Waals surface area contributed by atoms with Gasteiger partial charge in [0.2, 0.25) is 0 Å². The topological polar surface area (TPSA) is 55.7 Å². The third-order valence-corrected chi connectivity index (χ3v) is 6.52. The van der Waals surface area contributed by atoms with E-state index in [4.69, 9.17) is 9.79 Å². The van der Waals surface area contributed by atoms with Crippen LogP contribution in [0, 0.1) is 12.7 Å². The van der Waals surface area contributed by atoms with Crippen molar-refractivity contribution in [3.63, 3.8) is 0 Å². The highest BCUT2D eigenvalue weighted by molar-refractivity contribution is 5.93. The molecule has 4 nitrogen and oxygen atoms in total. The zero-order chi connectivity index (χ0) is 23.1. The summed E-state index contributed by atoms with van der Waals surface area (Å²) >= 11 is 0. The summed E-state index contributed by atoms with van der Waals surface area (Å²) in [5, 5.41) is 0. The fourth-order valence-corrected chi connectivity index (χ4v) is 4.76. The second kappa shape index (κ2) is 10.5. The molecule has 32 heavy (non-hydrogen) atoms. The van der Waals surface area contributed by atoms with Gasteiger partial charge in [0.25, 0.3) is 6.47 Å². The van der Waals surface area contributed by atoms with Crippen molar-refractivity contribution < 1.29 is 23.0 Å². The molecule has 5 heteroatoms. The maximum atomic E-state index is 14.2. The van der Waals surface area contributed by atoms with Gasteiger partial charge in [-0.3, -0.25) is 14.6 Å². The Hall–Kier alpha value is -3.08. The summed E-state index contributed by atoms with van der Waals surface area (Å²) in [5.74, 6) is -0.102. The molecule has 1 unspecified atom stereocenters. The number of nitrogens with zero attached hydrogens (tertiary/aromatic N) is 1. The van der Waals surface area contributed by atoms with Gasteiger partial charge in [-0.05, 0) is 74.3 Å². The molecular formula is C27H36FNO3. The number of hydrogen-bond acceptors (Lipinski definition) is 4. The van der Waals surface area contributed by atoms with Gasteiger partial charge in [-0.25, -0.2) is 4.39 Å². The predicted molar refractivity (Wildman–Crippen MR) is 131 cm³/mol. The van der Waals surface area contributed by atoms with Gasteiger partial charge in [0, 0.05) is 22.1 Å². The van der Waals surface area contributed by atoms with Crippen molar-refractivity contribution in [2.45, 2.75) is 57.8 Å². The summed E-state index contributed by atoms with van der Waals surface area (Å²) in [6.45, 7) is 3.82. The minimum absolute atomic E-state index is 0. The molecule has 1 aliphatic carbocycles. The number of carbonyl (C=O) groups excluding carboxylic acids is 2. The second-order valence-electron chi connectivity index (χ2n) is 8.45. The molecule has 0 spiro atoms. The number of aryl methyl sites for hydroxylation is 1. The lowest BCUT2D eigenvalue weighted by atomic mass is 9.65. The van der Waals surface area contributed by atoms with Crippen molar-refractivity contribution in [3.05, 3.63) is 82.3 Å². The molecule has 2 aromatic rings. The number of Topliss-reactive ketones (excluding diaryl/α,β-unsaturated/α-hetero) is 1. The fourth-order valence-electron chi connectivity index (χ4n) is 4.76. The zero-order valence-corrected chi connectivity index (χ0v) is 19.0. The number of allylic oxidation sites excluding steroid dienone is 2. The summed E-state index contributed by atoms with van der Waals surface area (Å²) in [7, 11) is 1.31. The van der Waals surface area contributed by atoms with Gasteiger partial charge in [-0.2, -0.15) is 0 Å². The van der Waals surface area contributed by atoms with Crippen LogP contribution in [0.4, 0.5) is 4.39 Å². The quantitative estimate of drug-likeness (QED) is 0.487. The van der Waals surface area contributed by atoms with Crippen LogP contribution >= 0.6 is 0 Å². The van der Waals surface area contributed by atoms with Crippen LogP contribution in [0.5, 0.6) is 0 Å². The monoisotopic (exact) mass is 441 g/mol. The Bertz CT molecular complexity index is 1060. The number of halogens is 1. The Kier molecular flexibility index (Phi) is 7.73. The van der Waals surface area contributed by atoms with Crippen molar-refractivity contribution in [2.75, 3.05) is 7.11 Å². The maximum absolute atomic E-state index is 14.2. The van der Waals surface area contributed by atoms with Crippen molar-refractivity contribution in [2.24, 2.45) is 4.99 Å². The Morgan fingerprint density at radius 3 is 2.56 bits per heavy atom. The molecular weight excluding hydrogens is 405 g/mol. The van der Waals surface area contributed by atoms with Crippen LogP contribution in [0.25, 0.3) is 0 Å². The molecule has 1 atom stereocenters. The summed E-state index contributed by atoms with van der Waals surface area (Å²) in [4.78, 5) is 26.6. The number of methoxy groups -OCH3 is 1. The van der Waals surface area contributed by atoms with E-state index in [2.05, 4.69) is 29.0 Å². The average Bonchev–Trinajstić information content (AvgIpc) is 3.22. The first-order valence-corrected chi connectivity index (χ1v) is 11.0. The van der Waals surface area contributed by atoms with Crippen LogP contribution < -0.4 is 0 Å². The molecule has 0 fully saturated rings. The second-order valence-corrected chi connectivity index (χ2v) is 8.45. The minimum atomic E-state index is -0.616. The van der Waals surface area contributed by atoms with E-state index in [0.29, 0.717) is 24.9 Å². The van der Waals surface area contributed by atoms with Gasteiger partial charge in [0.05, 0.1) is 12.5 Å². The van der Waals surface area contributed by atoms with Crippen LogP contribution in [0.2, 0.25) is 0 Å². The molecule has 0 saturated heterocycles. The van der Waals surface area contributed by atoms with Gasteiger partial charge in [0.15, 0.2) is 0 Å². The average molecular weight is 442 g/mol. The van der Waals surface area contributed by atoms with Crippen molar-refractivity contribution in [1.29, 1.82) is 0 Å². The predicted octanol–water partition coefficient (Wildman–Crippen LogP) is 6.40. The van der Waals surface area contributed by atoms with Crippen LogP contribution in [-0.2, 0) is 26.2 Å². The Morgan fingerprint density at radius 2 is 1.91 bits per heavy atom. The van der Waals surface area contributed by atoms with Crippen LogP contribution in [0.1, 0.15) is 60.0 Å². The number of aliphatic imine (C=N–C) groups is 1. The van der Waals surface area contributed by atoms with Crippen LogP contribution in [-0.4, -0.2) is 25.1 Å². The van der Waals surface area contributed by atoms with Gasteiger partial charge >= 0.3 is 0 Å². The highest BCUT2D eigenvalue weighted by Crippen LogP contribution is 2.47. The van der Waals surface area contributed by atoms with E-state index in [9.17, 15) is 9.18 Å². The van der Waals surface area contributed by atoms with Crippen LogP contribution in [0.3, 0.4) is 0 Å². The van der Waals surface area contributed by atoms with E-state index in [1.54, 1.807) is 19.9 Å². The molecule has 0 bridgehead atoms. The lowest BCUT2D eigenvalue weighted by Crippen LogP contribution is -2.37. The molecule has 4 rings (SSSR count). The lowest BCUT2D eigenvalue weighted by Gasteiger charge is -2.37. The van der Waals surface area contributed by atoms with E-state index >= 15 is 0 Å². The first-order valence-electron chi connectivity index (χ1n) is 11.0. The summed E-state index contributed by atoms with van der Waals surface area (Å²) < 4.78 is 18.1. The van der Waals surface area contributed by atoms with E-state index < -0.39 is 5.41 Å². The number of ether oxygens (including phenoxy) is 1. The number of hydrogen-bond donors (Lipinski definition) is 0. The zero-order valence-electron chi connectivity index (χ0n) is 19.0. The van der Waals surface area contributed by atoms with Crippen molar-refractivity contribution in [3.8, 4) is 0 Å². The molecule has 2 aliphatic rings. The third-order valence-electron chi connectivity index (χ3n) is 6.52. The van der Waals surface area contributed by atoms with Crippen LogP contribution in [0.15, 0.2) is 64.8 Å². The Balaban J connectivity index is 0.00000154. The lowest BCUT2D eigenvalue weighted by molar-refractivity contribution is -0.126. The number of ketones is 1. The van der Waals surface area contributed by atoms with Gasteiger partial charge in [-0.15, -0.1) is 0 Å². The SMILES string of the molecule is CC(=O)C1(c2cccc(F)c2C)CCC2=C(CC(CCc3ccccc3)=N2)C1.COC=O.[HH].[HH].[HH]. The van der Waals surface area contributed by atoms with Gasteiger partial charge in [0.1, 0.15) is 11.6 Å². The van der Waals surface area contributed by atoms with Crippen molar-refractivity contribution >= 4 is 18.0 Å². The summed E-state index contributed by atoms with van der Waals surface area (Å²) in [6.07, 6.45) is 4.96. The highest BCUT2D eigenvalue weighted by Gasteiger charge is 2.43. The minimum Gasteiger partial charge on any atom is -0.471 e. The number of rotatable bonds is 6. The van der Waals surface area contributed by atoms with E-state index in [1.165, 1.54) is 30.0 Å². The molecule has 174 valence electrons. The number of benzene rings is 2. The standard InChI is InChI=1S/C25H26FNO.C2H4O2.3H2/c1-17-22(9-6-10-23(17)26)25(18(2)28)14-13-24-20(16-25)15-21(27-24)12-11-19-7-4-3-5-8-19;1-4-2-3;;;/h3-10H,11-16H2,1-2H3;2H,1H3;3*1H. The summed E-state index contributed by atoms with van der Waals surface area (Å²) in [6, 6.07) is 15.6. The molecule has 0 amide bonds. The Labute approximate surface area is 193 Å². The molecule has 0 saturated carbocycles. The molecule has 0 radical (unpaired) electrons. The Morgan fingerprint density at radius 1 is 1.19 bits per heavy atom. The maximum Gasteiger partial charge on any atom is 0.292 e. The van der Waals surface area contributed by atoms with E-state index in [-0.39, 0.29) is 15.9 Å². The molecule has 1 heterocycles. The fraction of sp³-hybridized carbons (Fsp3) is 0.370. The molecule has 0 N–H and O–H groups in total.